The summed E-state index contributed by atoms with van der Waals surface area (Å²) < 4.78 is 9.20. The number of furan rings is 1. The molecular formula is C17H9Br2NOS. The zero-order valence-electron chi connectivity index (χ0n) is 11.2. The third kappa shape index (κ3) is 2.53. The van der Waals surface area contributed by atoms with Crippen LogP contribution in [-0.4, -0.2) is 4.98 Å². The number of nitrogens with zero attached hydrogens (tertiary/aromatic N) is 1. The van der Waals surface area contributed by atoms with Gasteiger partial charge >= 0.3 is 0 Å². The van der Waals surface area contributed by atoms with E-state index in [0.29, 0.717) is 0 Å². The second-order valence-corrected chi connectivity index (χ2v) is 7.58. The molecule has 0 aliphatic heterocycles. The molecule has 0 saturated heterocycles. The maximum Gasteiger partial charge on any atom is 0.163 e. The van der Waals surface area contributed by atoms with E-state index in [1.807, 2.05) is 48.5 Å². The summed E-state index contributed by atoms with van der Waals surface area (Å²) in [5, 5.41) is 0.901. The first-order valence-electron chi connectivity index (χ1n) is 6.62. The van der Waals surface area contributed by atoms with Crippen LogP contribution in [0.25, 0.3) is 32.3 Å². The first kappa shape index (κ1) is 14.2. The van der Waals surface area contributed by atoms with E-state index in [-0.39, 0.29) is 0 Å². The third-order valence-electron chi connectivity index (χ3n) is 3.30. The Morgan fingerprint density at radius 3 is 2.59 bits per heavy atom. The molecule has 0 aliphatic rings. The molecule has 2 nitrogen and oxygen atoms in total. The van der Waals surface area contributed by atoms with Crippen molar-refractivity contribution in [3.8, 4) is 22.1 Å². The Balaban J connectivity index is 1.79. The van der Waals surface area contributed by atoms with Crippen LogP contribution >= 0.6 is 43.2 Å². The van der Waals surface area contributed by atoms with Gasteiger partial charge in [-0.25, -0.2) is 4.98 Å². The fraction of sp³-hybridized carbons (Fsp3) is 0. The van der Waals surface area contributed by atoms with E-state index in [9.17, 15) is 0 Å². The van der Waals surface area contributed by atoms with Crippen molar-refractivity contribution in [2.45, 2.75) is 0 Å². The Kier molecular flexibility index (Phi) is 3.64. The molecule has 4 rings (SSSR count). The molecule has 0 fully saturated rings. The van der Waals surface area contributed by atoms with Gasteiger partial charge in [-0.05, 0) is 42.5 Å². The van der Waals surface area contributed by atoms with Crippen molar-refractivity contribution >= 4 is 53.4 Å². The van der Waals surface area contributed by atoms with E-state index in [4.69, 9.17) is 4.42 Å². The fourth-order valence-electron chi connectivity index (χ4n) is 2.26. The van der Waals surface area contributed by atoms with E-state index in [2.05, 4.69) is 42.9 Å². The smallest absolute Gasteiger partial charge is 0.163 e. The van der Waals surface area contributed by atoms with Crippen LogP contribution in [-0.2, 0) is 0 Å². The van der Waals surface area contributed by atoms with E-state index in [1.165, 1.54) is 4.70 Å². The normalized spacial score (nSPS) is 11.2. The van der Waals surface area contributed by atoms with Crippen LogP contribution in [0, 0.1) is 0 Å². The number of para-hydroxylation sites is 1. The predicted molar refractivity (Wildman–Crippen MR) is 98.2 cm³/mol. The number of rotatable bonds is 2. The first-order chi connectivity index (χ1) is 10.7. The fourth-order valence-corrected chi connectivity index (χ4v) is 3.99. The van der Waals surface area contributed by atoms with Crippen molar-refractivity contribution in [1.29, 1.82) is 0 Å². The Morgan fingerprint density at radius 1 is 0.909 bits per heavy atom. The van der Waals surface area contributed by atoms with E-state index in [1.54, 1.807) is 11.3 Å². The highest BCUT2D eigenvalue weighted by molar-refractivity contribution is 9.11. The highest BCUT2D eigenvalue weighted by Crippen LogP contribution is 2.36. The number of thiazole rings is 1. The lowest BCUT2D eigenvalue weighted by molar-refractivity contribution is 0.596. The minimum atomic E-state index is 0.795. The highest BCUT2D eigenvalue weighted by Gasteiger charge is 2.13. The highest BCUT2D eigenvalue weighted by atomic mass is 79.9. The van der Waals surface area contributed by atoms with Gasteiger partial charge in [0.05, 0.1) is 10.2 Å². The van der Waals surface area contributed by atoms with Crippen molar-refractivity contribution in [1.82, 2.24) is 4.98 Å². The zero-order valence-corrected chi connectivity index (χ0v) is 15.2. The number of hydrogen-bond acceptors (Lipinski definition) is 3. The Hall–Kier alpha value is -1.43. The van der Waals surface area contributed by atoms with Crippen LogP contribution in [0.5, 0.6) is 0 Å². The topological polar surface area (TPSA) is 26.0 Å². The summed E-state index contributed by atoms with van der Waals surface area (Å²) in [6.45, 7) is 0. The van der Waals surface area contributed by atoms with Gasteiger partial charge in [0.15, 0.2) is 10.8 Å². The van der Waals surface area contributed by atoms with Crippen LogP contribution in [0.15, 0.2) is 68.0 Å². The van der Waals surface area contributed by atoms with Crippen molar-refractivity contribution in [2.24, 2.45) is 0 Å². The van der Waals surface area contributed by atoms with Crippen LogP contribution in [0.3, 0.4) is 0 Å². The summed E-state index contributed by atoms with van der Waals surface area (Å²) in [5.74, 6) is 1.62. The summed E-state index contributed by atoms with van der Waals surface area (Å²) in [4.78, 5) is 4.63. The van der Waals surface area contributed by atoms with Gasteiger partial charge in [-0.2, -0.15) is 0 Å². The molecule has 2 aromatic heterocycles. The molecule has 22 heavy (non-hydrogen) atoms. The van der Waals surface area contributed by atoms with Crippen molar-refractivity contribution < 1.29 is 4.42 Å². The summed E-state index contributed by atoms with van der Waals surface area (Å²) in [5.41, 5.74) is 2.02. The molecule has 0 N–H and O–H groups in total. The lowest BCUT2D eigenvalue weighted by Gasteiger charge is -2.01. The predicted octanol–water partition coefficient (Wildman–Crippen LogP) is 6.75. The summed E-state index contributed by atoms with van der Waals surface area (Å²) in [7, 11) is 0. The number of fused-ring (bicyclic) bond motifs is 1. The summed E-state index contributed by atoms with van der Waals surface area (Å²) in [6, 6.07) is 18.1. The van der Waals surface area contributed by atoms with E-state index in [0.717, 1.165) is 36.6 Å². The zero-order chi connectivity index (χ0) is 15.1. The molecule has 0 saturated carbocycles. The summed E-state index contributed by atoms with van der Waals surface area (Å²) in [6.07, 6.45) is 0. The van der Waals surface area contributed by atoms with Gasteiger partial charge in [-0.3, -0.25) is 0 Å². The first-order valence-corrected chi connectivity index (χ1v) is 9.02. The van der Waals surface area contributed by atoms with Gasteiger partial charge in [0.2, 0.25) is 0 Å². The van der Waals surface area contributed by atoms with Crippen LogP contribution in [0.1, 0.15) is 0 Å². The largest absolute Gasteiger partial charge is 0.454 e. The average molecular weight is 435 g/mol. The van der Waals surface area contributed by atoms with E-state index < -0.39 is 0 Å². The minimum Gasteiger partial charge on any atom is -0.454 e. The van der Waals surface area contributed by atoms with Gasteiger partial charge < -0.3 is 4.42 Å². The maximum absolute atomic E-state index is 6.02. The monoisotopic (exact) mass is 433 g/mol. The molecule has 4 aromatic rings. The number of benzene rings is 2. The molecule has 0 bridgehead atoms. The third-order valence-corrected chi connectivity index (χ3v) is 5.54. The Labute approximate surface area is 148 Å². The summed E-state index contributed by atoms with van der Waals surface area (Å²) >= 11 is 8.70. The van der Waals surface area contributed by atoms with Gasteiger partial charge in [0.1, 0.15) is 5.76 Å². The van der Waals surface area contributed by atoms with Crippen LogP contribution in [0.2, 0.25) is 0 Å². The lowest BCUT2D eigenvalue weighted by Crippen LogP contribution is -1.77. The average Bonchev–Trinajstić information content (AvgIpc) is 3.15. The number of aromatic nitrogens is 1. The molecule has 5 heteroatoms. The molecule has 0 atom stereocenters. The maximum atomic E-state index is 6.02. The molecule has 0 unspecified atom stereocenters. The molecule has 0 aliphatic carbocycles. The number of halogens is 2. The number of hydrogen-bond donors (Lipinski definition) is 0. The van der Waals surface area contributed by atoms with E-state index >= 15 is 0 Å². The van der Waals surface area contributed by atoms with Crippen molar-refractivity contribution in [2.75, 3.05) is 0 Å². The molecule has 108 valence electrons. The molecular weight excluding hydrogens is 426 g/mol. The molecule has 2 heterocycles. The Morgan fingerprint density at radius 2 is 1.73 bits per heavy atom. The van der Waals surface area contributed by atoms with Crippen LogP contribution in [0.4, 0.5) is 0 Å². The van der Waals surface area contributed by atoms with Crippen LogP contribution < -0.4 is 0 Å². The molecule has 0 spiro atoms. The minimum absolute atomic E-state index is 0.795. The Bertz CT molecular complexity index is 941. The molecule has 0 radical (unpaired) electrons. The van der Waals surface area contributed by atoms with Gasteiger partial charge in [-0.15, -0.1) is 11.3 Å². The second kappa shape index (κ2) is 5.65. The molecule has 0 amide bonds. The van der Waals surface area contributed by atoms with Gasteiger partial charge in [-0.1, -0.05) is 44.0 Å². The van der Waals surface area contributed by atoms with Gasteiger partial charge in [0.25, 0.3) is 0 Å². The lowest BCUT2D eigenvalue weighted by atomic mass is 10.2. The van der Waals surface area contributed by atoms with Crippen molar-refractivity contribution in [3.05, 3.63) is 63.5 Å². The molecule has 2 aromatic carbocycles. The standard InChI is InChI=1S/C17H9Br2NOS/c18-10-5-6-12(19)11(9-10)14-7-8-15(21-14)17-20-13-3-1-2-4-16(13)22-17/h1-9H. The SMILES string of the molecule is Brc1ccc(Br)c(-c2ccc(-c3nc4ccccc4s3)o2)c1. The second-order valence-electron chi connectivity index (χ2n) is 4.77. The van der Waals surface area contributed by atoms with Gasteiger partial charge in [0, 0.05) is 14.5 Å². The quantitative estimate of drug-likeness (QED) is 0.348. The van der Waals surface area contributed by atoms with Crippen molar-refractivity contribution in [3.63, 3.8) is 0 Å².